The summed E-state index contributed by atoms with van der Waals surface area (Å²) >= 11 is 0. The van der Waals surface area contributed by atoms with E-state index in [0.717, 1.165) is 19.3 Å². The average molecular weight is 644 g/mol. The monoisotopic (exact) mass is 643 g/mol. The summed E-state index contributed by atoms with van der Waals surface area (Å²) in [5.74, 6) is -2.04. The van der Waals surface area contributed by atoms with Gasteiger partial charge in [-0.05, 0) is 33.6 Å². The van der Waals surface area contributed by atoms with Crippen LogP contribution in [-0.2, 0) is 28.6 Å². The quantitative estimate of drug-likeness (QED) is 0.0418. The molecule has 0 bridgehead atoms. The first-order valence-electron chi connectivity index (χ1n) is 17.7. The standard InChI is InChI=1S/C35H65NO9/c1-6-7-8-9-10-11-12-13-14-15-16-17-18-19-21-27(2)36-35(42)45-32(25-29(4)43-30(5)38)26-31(24-28(3)37)44-34(41)23-20-22-33(39)40/h27-29,31-32,37H,6-26H2,1-5H3,(H,36,42)(H,39,40). The predicted molar refractivity (Wildman–Crippen MR) is 176 cm³/mol. The van der Waals surface area contributed by atoms with Gasteiger partial charge in [0.2, 0.25) is 0 Å². The number of aliphatic carboxylic acids is 1. The lowest BCUT2D eigenvalue weighted by Gasteiger charge is -2.27. The first kappa shape index (κ1) is 42.6. The van der Waals surface area contributed by atoms with Crippen molar-refractivity contribution in [2.45, 2.75) is 200 Å². The molecule has 5 unspecified atom stereocenters. The molecule has 0 aliphatic heterocycles. The Balaban J connectivity index is 4.59. The van der Waals surface area contributed by atoms with E-state index >= 15 is 0 Å². The van der Waals surface area contributed by atoms with E-state index in [1.165, 1.54) is 84.0 Å². The van der Waals surface area contributed by atoms with Gasteiger partial charge in [-0.1, -0.05) is 96.8 Å². The zero-order valence-electron chi connectivity index (χ0n) is 29.0. The van der Waals surface area contributed by atoms with E-state index in [-0.39, 0.29) is 44.6 Å². The van der Waals surface area contributed by atoms with Crippen LogP contribution >= 0.6 is 0 Å². The average Bonchev–Trinajstić information content (AvgIpc) is 2.91. The van der Waals surface area contributed by atoms with Crippen LogP contribution in [0.15, 0.2) is 0 Å². The number of unbranched alkanes of at least 4 members (excludes halogenated alkanes) is 13. The van der Waals surface area contributed by atoms with E-state index < -0.39 is 48.4 Å². The maximum Gasteiger partial charge on any atom is 0.407 e. The number of nitrogens with one attached hydrogen (secondary N) is 1. The Bertz CT molecular complexity index is 789. The molecule has 264 valence electrons. The molecule has 5 atom stereocenters. The number of carboxylic acids is 1. The number of carbonyl (C=O) groups is 4. The van der Waals surface area contributed by atoms with Gasteiger partial charge < -0.3 is 29.7 Å². The van der Waals surface area contributed by atoms with Gasteiger partial charge in [0.15, 0.2) is 0 Å². The van der Waals surface area contributed by atoms with E-state index in [1.807, 2.05) is 6.92 Å². The molecule has 10 heteroatoms. The number of carboxylic acid groups (broad SMARTS) is 1. The van der Waals surface area contributed by atoms with Crippen LogP contribution < -0.4 is 5.32 Å². The summed E-state index contributed by atoms with van der Waals surface area (Å²) in [5, 5.41) is 21.7. The summed E-state index contributed by atoms with van der Waals surface area (Å²) < 4.78 is 16.5. The molecule has 0 radical (unpaired) electrons. The molecule has 3 N–H and O–H groups in total. The lowest BCUT2D eigenvalue weighted by atomic mass is 10.0. The smallest absolute Gasteiger partial charge is 0.407 e. The summed E-state index contributed by atoms with van der Waals surface area (Å²) in [7, 11) is 0. The summed E-state index contributed by atoms with van der Waals surface area (Å²) in [4.78, 5) is 47.3. The minimum Gasteiger partial charge on any atom is -0.481 e. The van der Waals surface area contributed by atoms with Crippen LogP contribution in [0.3, 0.4) is 0 Å². The number of amides is 1. The fourth-order valence-corrected chi connectivity index (χ4v) is 5.49. The van der Waals surface area contributed by atoms with Crippen LogP contribution in [0.25, 0.3) is 0 Å². The van der Waals surface area contributed by atoms with Crippen molar-refractivity contribution in [1.29, 1.82) is 0 Å². The number of aliphatic hydroxyl groups excluding tert-OH is 1. The largest absolute Gasteiger partial charge is 0.481 e. The summed E-state index contributed by atoms with van der Waals surface area (Å²) in [6.45, 7) is 8.75. The van der Waals surface area contributed by atoms with Crippen LogP contribution in [-0.4, -0.2) is 64.7 Å². The zero-order valence-corrected chi connectivity index (χ0v) is 29.0. The van der Waals surface area contributed by atoms with Gasteiger partial charge in [0.05, 0.1) is 6.10 Å². The lowest BCUT2D eigenvalue weighted by molar-refractivity contribution is -0.152. The Labute approximate surface area is 272 Å². The summed E-state index contributed by atoms with van der Waals surface area (Å²) in [6, 6.07) is -0.0818. The maximum atomic E-state index is 12.8. The number of esters is 2. The van der Waals surface area contributed by atoms with Crippen molar-refractivity contribution in [3.63, 3.8) is 0 Å². The summed E-state index contributed by atoms with van der Waals surface area (Å²) in [5.41, 5.74) is 0. The molecule has 0 aliphatic rings. The molecule has 0 aromatic rings. The number of carbonyl (C=O) groups excluding carboxylic acids is 3. The molecule has 0 aromatic heterocycles. The molecule has 0 spiro atoms. The molecular weight excluding hydrogens is 578 g/mol. The van der Waals surface area contributed by atoms with Gasteiger partial charge in [0.25, 0.3) is 0 Å². The highest BCUT2D eigenvalue weighted by molar-refractivity contribution is 5.71. The van der Waals surface area contributed by atoms with Crippen molar-refractivity contribution in [1.82, 2.24) is 5.32 Å². The minimum absolute atomic E-state index is 0.0742. The van der Waals surface area contributed by atoms with E-state index in [4.69, 9.17) is 19.3 Å². The number of hydrogen-bond acceptors (Lipinski definition) is 8. The van der Waals surface area contributed by atoms with Crippen LogP contribution in [0, 0.1) is 0 Å². The number of rotatable bonds is 29. The molecule has 0 saturated heterocycles. The lowest BCUT2D eigenvalue weighted by Crippen LogP contribution is -2.38. The third kappa shape index (κ3) is 28.8. The van der Waals surface area contributed by atoms with Crippen LogP contribution in [0.4, 0.5) is 4.79 Å². The predicted octanol–water partition coefficient (Wildman–Crippen LogP) is 8.01. The number of alkyl carbamates (subject to hydrolysis) is 1. The topological polar surface area (TPSA) is 148 Å². The third-order valence-corrected chi connectivity index (χ3v) is 7.79. The van der Waals surface area contributed by atoms with Gasteiger partial charge in [0.1, 0.15) is 18.3 Å². The van der Waals surface area contributed by atoms with Gasteiger partial charge in [-0.15, -0.1) is 0 Å². The first-order valence-corrected chi connectivity index (χ1v) is 17.7. The minimum atomic E-state index is -0.999. The number of hydrogen-bond donors (Lipinski definition) is 3. The number of aliphatic hydroxyl groups is 1. The van der Waals surface area contributed by atoms with Crippen molar-refractivity contribution in [2.75, 3.05) is 0 Å². The molecule has 10 nitrogen and oxygen atoms in total. The Hall–Kier alpha value is -2.36. The second kappa shape index (κ2) is 27.9. The molecule has 0 heterocycles. The highest BCUT2D eigenvalue weighted by Gasteiger charge is 2.27. The Kier molecular flexibility index (Phi) is 26.4. The van der Waals surface area contributed by atoms with Gasteiger partial charge in [-0.3, -0.25) is 14.4 Å². The normalized spacial score (nSPS) is 14.5. The van der Waals surface area contributed by atoms with Crippen molar-refractivity contribution < 1.29 is 43.6 Å². The van der Waals surface area contributed by atoms with E-state index in [2.05, 4.69) is 12.2 Å². The summed E-state index contributed by atoms with van der Waals surface area (Å²) in [6.07, 6.45) is 15.8. The molecule has 1 amide bonds. The third-order valence-electron chi connectivity index (χ3n) is 7.79. The van der Waals surface area contributed by atoms with Gasteiger partial charge in [-0.25, -0.2) is 4.79 Å². The van der Waals surface area contributed by atoms with Crippen LogP contribution in [0.1, 0.15) is 169 Å². The molecular formula is C35H65NO9. The van der Waals surface area contributed by atoms with E-state index in [0.29, 0.717) is 0 Å². The maximum absolute atomic E-state index is 12.8. The van der Waals surface area contributed by atoms with Crippen molar-refractivity contribution >= 4 is 24.0 Å². The molecule has 45 heavy (non-hydrogen) atoms. The first-order chi connectivity index (χ1) is 21.4. The van der Waals surface area contributed by atoms with Crippen LogP contribution in [0.5, 0.6) is 0 Å². The highest BCUT2D eigenvalue weighted by atomic mass is 16.6. The van der Waals surface area contributed by atoms with Crippen molar-refractivity contribution in [3.8, 4) is 0 Å². The van der Waals surface area contributed by atoms with Gasteiger partial charge in [0, 0.05) is 45.1 Å². The van der Waals surface area contributed by atoms with Crippen LogP contribution in [0.2, 0.25) is 0 Å². The molecule has 0 aliphatic carbocycles. The fraction of sp³-hybridized carbons (Fsp3) is 0.886. The van der Waals surface area contributed by atoms with Gasteiger partial charge in [-0.2, -0.15) is 0 Å². The zero-order chi connectivity index (χ0) is 33.9. The van der Waals surface area contributed by atoms with Crippen molar-refractivity contribution in [2.24, 2.45) is 0 Å². The highest BCUT2D eigenvalue weighted by Crippen LogP contribution is 2.20. The van der Waals surface area contributed by atoms with E-state index in [9.17, 15) is 24.3 Å². The van der Waals surface area contributed by atoms with Gasteiger partial charge >= 0.3 is 24.0 Å². The fourth-order valence-electron chi connectivity index (χ4n) is 5.49. The second-order valence-corrected chi connectivity index (χ2v) is 12.8. The Morgan fingerprint density at radius 1 is 0.644 bits per heavy atom. The second-order valence-electron chi connectivity index (χ2n) is 12.8. The number of ether oxygens (including phenoxy) is 3. The molecule has 0 saturated carbocycles. The Morgan fingerprint density at radius 3 is 1.64 bits per heavy atom. The Morgan fingerprint density at radius 2 is 1.16 bits per heavy atom. The molecule has 0 aromatic carbocycles. The SMILES string of the molecule is CCCCCCCCCCCCCCCCC(C)NC(=O)OC(CC(C)OC(C)=O)CC(CC(C)O)OC(=O)CCCC(=O)O. The van der Waals surface area contributed by atoms with Crippen molar-refractivity contribution in [3.05, 3.63) is 0 Å². The molecule has 0 fully saturated rings. The van der Waals surface area contributed by atoms with E-state index in [1.54, 1.807) is 13.8 Å². The molecule has 0 rings (SSSR count).